The second kappa shape index (κ2) is 6.23. The summed E-state index contributed by atoms with van der Waals surface area (Å²) in [4.78, 5) is 11.9. The van der Waals surface area contributed by atoms with Crippen LogP contribution in [0.2, 0.25) is 0 Å². The average Bonchev–Trinajstić information content (AvgIpc) is 3.07. The number of carbonyl (C=O) groups excluding carboxylic acids is 1. The minimum Gasteiger partial charge on any atom is -0.465 e. The first-order valence-electron chi connectivity index (χ1n) is 9.99. The fraction of sp³-hybridized carbons (Fsp3) is 0.400. The van der Waals surface area contributed by atoms with Crippen LogP contribution in [0.1, 0.15) is 67.6 Å². The van der Waals surface area contributed by atoms with Gasteiger partial charge in [-0.2, -0.15) is 0 Å². The molecular formula is C25H29NO2. The number of aryl methyl sites for hydroxylation is 1. The van der Waals surface area contributed by atoms with Crippen molar-refractivity contribution in [3.63, 3.8) is 0 Å². The van der Waals surface area contributed by atoms with Crippen LogP contribution in [0.15, 0.2) is 42.6 Å². The minimum atomic E-state index is -0.302. The molecule has 1 aliphatic carbocycles. The number of hydrogen-bond acceptors (Lipinski definition) is 2. The first-order valence-corrected chi connectivity index (χ1v) is 9.99. The van der Waals surface area contributed by atoms with Crippen molar-refractivity contribution in [2.45, 2.75) is 58.3 Å². The molecule has 2 aromatic carbocycles. The highest BCUT2D eigenvalue weighted by atomic mass is 16.5. The first kappa shape index (κ1) is 18.8. The van der Waals surface area contributed by atoms with E-state index in [0.717, 1.165) is 10.9 Å². The molecule has 0 bridgehead atoms. The van der Waals surface area contributed by atoms with Crippen molar-refractivity contribution in [1.29, 1.82) is 0 Å². The predicted molar refractivity (Wildman–Crippen MR) is 115 cm³/mol. The van der Waals surface area contributed by atoms with Crippen LogP contribution in [0.4, 0.5) is 0 Å². The third-order valence-corrected chi connectivity index (χ3v) is 6.54. The third-order valence-electron chi connectivity index (χ3n) is 6.54. The number of nitrogens with zero attached hydrogens (tertiary/aromatic N) is 1. The second-order valence-electron chi connectivity index (χ2n) is 9.40. The molecular weight excluding hydrogens is 346 g/mol. The summed E-state index contributed by atoms with van der Waals surface area (Å²) in [6.07, 6.45) is 4.51. The Hall–Kier alpha value is -2.55. The molecule has 1 aliphatic rings. The van der Waals surface area contributed by atoms with Gasteiger partial charge in [-0.1, -0.05) is 33.8 Å². The van der Waals surface area contributed by atoms with E-state index < -0.39 is 0 Å². The number of esters is 1. The fourth-order valence-corrected chi connectivity index (χ4v) is 4.57. The third kappa shape index (κ3) is 2.85. The van der Waals surface area contributed by atoms with Crippen LogP contribution >= 0.6 is 0 Å². The van der Waals surface area contributed by atoms with Gasteiger partial charge < -0.3 is 9.30 Å². The van der Waals surface area contributed by atoms with Crippen LogP contribution in [-0.2, 0) is 15.6 Å². The van der Waals surface area contributed by atoms with E-state index in [2.05, 4.69) is 63.6 Å². The van der Waals surface area contributed by atoms with E-state index in [9.17, 15) is 4.79 Å². The summed E-state index contributed by atoms with van der Waals surface area (Å²) in [5, 5.41) is 1.04. The van der Waals surface area contributed by atoms with Crippen molar-refractivity contribution in [3.05, 3.63) is 64.8 Å². The van der Waals surface area contributed by atoms with Crippen molar-refractivity contribution < 1.29 is 9.53 Å². The summed E-state index contributed by atoms with van der Waals surface area (Å²) in [5.41, 5.74) is 7.49. The molecule has 146 valence electrons. The summed E-state index contributed by atoms with van der Waals surface area (Å²) < 4.78 is 7.09. The van der Waals surface area contributed by atoms with Gasteiger partial charge in [-0.05, 0) is 77.6 Å². The van der Waals surface area contributed by atoms with Gasteiger partial charge >= 0.3 is 5.97 Å². The van der Waals surface area contributed by atoms with Crippen LogP contribution in [0, 0.1) is 6.92 Å². The summed E-state index contributed by atoms with van der Waals surface area (Å²) in [5.74, 6) is -0.302. The van der Waals surface area contributed by atoms with Crippen molar-refractivity contribution in [2.75, 3.05) is 7.11 Å². The van der Waals surface area contributed by atoms with E-state index in [-0.39, 0.29) is 16.8 Å². The van der Waals surface area contributed by atoms with Gasteiger partial charge in [0.1, 0.15) is 0 Å². The van der Waals surface area contributed by atoms with Gasteiger partial charge in [0.15, 0.2) is 0 Å². The highest BCUT2D eigenvalue weighted by Crippen LogP contribution is 2.47. The molecule has 0 saturated heterocycles. The zero-order valence-corrected chi connectivity index (χ0v) is 17.7. The minimum absolute atomic E-state index is 0.175. The van der Waals surface area contributed by atoms with Crippen LogP contribution in [0.25, 0.3) is 16.6 Å². The molecule has 1 heterocycles. The van der Waals surface area contributed by atoms with Crippen molar-refractivity contribution >= 4 is 16.9 Å². The quantitative estimate of drug-likeness (QED) is 0.509. The first-order chi connectivity index (χ1) is 13.1. The van der Waals surface area contributed by atoms with Crippen LogP contribution < -0.4 is 0 Å². The van der Waals surface area contributed by atoms with E-state index in [0.29, 0.717) is 5.56 Å². The summed E-state index contributed by atoms with van der Waals surface area (Å²) in [7, 11) is 1.41. The van der Waals surface area contributed by atoms with Crippen LogP contribution in [0.5, 0.6) is 0 Å². The highest BCUT2D eigenvalue weighted by molar-refractivity contribution is 5.95. The van der Waals surface area contributed by atoms with Gasteiger partial charge in [-0.3, -0.25) is 0 Å². The van der Waals surface area contributed by atoms with Gasteiger partial charge in [0, 0.05) is 17.3 Å². The smallest absolute Gasteiger partial charge is 0.337 e. The Kier molecular flexibility index (Phi) is 4.18. The summed E-state index contributed by atoms with van der Waals surface area (Å²) >= 11 is 0. The number of fused-ring (bicyclic) bond motifs is 2. The summed E-state index contributed by atoms with van der Waals surface area (Å²) in [6.45, 7) is 11.6. The molecule has 0 spiro atoms. The number of benzene rings is 2. The number of carbonyl (C=O) groups is 1. The largest absolute Gasteiger partial charge is 0.465 e. The molecule has 1 aromatic heterocycles. The topological polar surface area (TPSA) is 31.2 Å². The molecule has 28 heavy (non-hydrogen) atoms. The Morgan fingerprint density at radius 1 is 0.964 bits per heavy atom. The number of hydrogen-bond donors (Lipinski definition) is 0. The standard InChI is InChI=1S/C25H29NO2/c1-16-13-19-20(25(4,5)11-10-24(19,2)3)15-22(16)26-12-9-17-14-18(23(27)28-6)7-8-21(17)26/h7-9,12-15H,10-11H2,1-6H3. The molecule has 0 unspecified atom stereocenters. The molecule has 4 rings (SSSR count). The van der Waals surface area contributed by atoms with Gasteiger partial charge in [0.25, 0.3) is 0 Å². The highest BCUT2D eigenvalue weighted by Gasteiger charge is 2.37. The molecule has 0 radical (unpaired) electrons. The molecule has 0 N–H and O–H groups in total. The van der Waals surface area contributed by atoms with Gasteiger partial charge in [0.05, 0.1) is 18.2 Å². The Labute approximate surface area is 167 Å². The zero-order valence-electron chi connectivity index (χ0n) is 17.7. The molecule has 3 heteroatoms. The Bertz CT molecular complexity index is 1090. The Morgan fingerprint density at radius 3 is 2.25 bits per heavy atom. The van der Waals surface area contributed by atoms with Gasteiger partial charge in [-0.25, -0.2) is 4.79 Å². The van der Waals surface area contributed by atoms with Crippen molar-refractivity contribution in [2.24, 2.45) is 0 Å². The van der Waals surface area contributed by atoms with E-state index in [1.165, 1.54) is 42.3 Å². The second-order valence-corrected chi connectivity index (χ2v) is 9.40. The van der Waals surface area contributed by atoms with E-state index in [1.54, 1.807) is 0 Å². The predicted octanol–water partition coefficient (Wildman–Crippen LogP) is 6.07. The van der Waals surface area contributed by atoms with Crippen molar-refractivity contribution in [1.82, 2.24) is 4.57 Å². The monoisotopic (exact) mass is 375 g/mol. The van der Waals surface area contributed by atoms with Crippen LogP contribution in [-0.4, -0.2) is 17.6 Å². The molecule has 0 fully saturated rings. The van der Waals surface area contributed by atoms with Gasteiger partial charge in [0.2, 0.25) is 0 Å². The van der Waals surface area contributed by atoms with Crippen LogP contribution in [0.3, 0.4) is 0 Å². The summed E-state index contributed by atoms with van der Waals surface area (Å²) in [6, 6.07) is 12.6. The SMILES string of the molecule is COC(=O)c1ccc2c(ccn2-c2cc3c(cc2C)C(C)(C)CCC3(C)C)c1. The number of methoxy groups -OCH3 is 1. The lowest BCUT2D eigenvalue weighted by molar-refractivity contribution is 0.0601. The molecule has 3 nitrogen and oxygen atoms in total. The fourth-order valence-electron chi connectivity index (χ4n) is 4.57. The van der Waals surface area contributed by atoms with E-state index >= 15 is 0 Å². The lowest BCUT2D eigenvalue weighted by Crippen LogP contribution is -2.34. The number of ether oxygens (including phenoxy) is 1. The Morgan fingerprint density at radius 2 is 1.61 bits per heavy atom. The normalized spacial score (nSPS) is 17.4. The zero-order chi connectivity index (χ0) is 20.3. The lowest BCUT2D eigenvalue weighted by Gasteiger charge is -2.42. The molecule has 0 aliphatic heterocycles. The Balaban J connectivity index is 1.90. The van der Waals surface area contributed by atoms with E-state index in [1.807, 2.05) is 18.2 Å². The van der Waals surface area contributed by atoms with Gasteiger partial charge in [-0.15, -0.1) is 0 Å². The average molecular weight is 376 g/mol. The number of aromatic nitrogens is 1. The maximum absolute atomic E-state index is 11.9. The van der Waals surface area contributed by atoms with Crippen molar-refractivity contribution in [3.8, 4) is 5.69 Å². The molecule has 0 amide bonds. The van der Waals surface area contributed by atoms with E-state index in [4.69, 9.17) is 4.74 Å². The molecule has 0 saturated carbocycles. The lowest BCUT2D eigenvalue weighted by atomic mass is 9.63. The molecule has 3 aromatic rings. The maximum atomic E-state index is 11.9. The maximum Gasteiger partial charge on any atom is 0.337 e. The molecule has 0 atom stereocenters. The number of rotatable bonds is 2.